The number of pyridine rings is 2. The number of hydrogen-bond donors (Lipinski definition) is 6. The fourth-order valence-electron chi connectivity index (χ4n) is 7.05. The molecule has 0 radical (unpaired) electrons. The van der Waals surface area contributed by atoms with Crippen LogP contribution in [-0.4, -0.2) is 164 Å². The number of aromatic nitrogens is 8. The van der Waals surface area contributed by atoms with Gasteiger partial charge in [-0.15, -0.1) is 0 Å². The summed E-state index contributed by atoms with van der Waals surface area (Å²) < 4.78 is 29.2. The number of hydrogen-bond acceptors (Lipinski definition) is 12. The molecule has 8 heterocycles. The molecule has 0 spiro atoms. The van der Waals surface area contributed by atoms with Gasteiger partial charge in [0.2, 0.25) is 11.8 Å². The van der Waals surface area contributed by atoms with E-state index in [9.17, 15) is 47.1 Å². The molecular weight excluding hydrogens is 820 g/mol. The Bertz CT molecular complexity index is 2640. The molecule has 62 heavy (non-hydrogen) atoms. The third-order valence-electron chi connectivity index (χ3n) is 10.4. The molecule has 0 saturated carbocycles. The summed E-state index contributed by atoms with van der Waals surface area (Å²) in [5, 5.41) is 21.4. The number of Topliss-reactive ketones (excluding diaryl/α,β-unsaturated/α-hetero) is 2. The van der Waals surface area contributed by atoms with E-state index in [1.165, 1.54) is 48.2 Å². The van der Waals surface area contributed by atoms with Gasteiger partial charge in [-0.05, 0) is 6.07 Å². The van der Waals surface area contributed by atoms with E-state index in [-0.39, 0.29) is 105 Å². The number of halogens is 2. The Morgan fingerprint density at radius 2 is 0.984 bits per heavy atom. The first-order chi connectivity index (χ1) is 29.5. The van der Waals surface area contributed by atoms with Gasteiger partial charge < -0.3 is 40.4 Å². The summed E-state index contributed by atoms with van der Waals surface area (Å²) in [5.41, 5.74) is 5.68. The van der Waals surface area contributed by atoms with Gasteiger partial charge >= 0.3 is 5.97 Å². The van der Waals surface area contributed by atoms with Crippen molar-refractivity contribution in [3.63, 3.8) is 0 Å². The summed E-state index contributed by atoms with van der Waals surface area (Å²) in [5.74, 6) is -7.12. The minimum Gasteiger partial charge on any atom is -0.477 e. The highest BCUT2D eigenvalue weighted by Gasteiger charge is 2.32. The Hall–Kier alpha value is -8.18. The SMILES string of the molecule is CC(=O)N1CCN(C(=O)C(=O)c2c[nH]c3c(-c4cc(C(=O)O)[nH]n4)ncc(F)c23)CC1.CC(=O)N1CCN(C(=O)C(=O)c2c[nH]c3c(-c4cc(C(N)=O)[nH]n4)ncc(F)c23)CC1. The number of H-pyrrole nitrogens is 4. The van der Waals surface area contributed by atoms with Crippen molar-refractivity contribution in [2.45, 2.75) is 13.8 Å². The molecule has 2 aliphatic heterocycles. The molecule has 22 nitrogen and oxygen atoms in total. The lowest BCUT2D eigenvalue weighted by Gasteiger charge is -2.33. The predicted octanol–water partition coefficient (Wildman–Crippen LogP) is 0.728. The van der Waals surface area contributed by atoms with Crippen LogP contribution in [0.25, 0.3) is 44.6 Å². The Balaban J connectivity index is 0.000000186. The van der Waals surface area contributed by atoms with Crippen molar-refractivity contribution < 1.29 is 52.2 Å². The standard InChI is InChI=1S/C19H18FN7O4.C19H17FN6O5/c1-9(28)26-2-4-27(5-3-26)19(31)17(29)10-7-22-16-14(10)11(20)8-23-15(16)12-6-13(18(21)30)25-24-12;1-9(27)25-2-4-26(5-3-25)18(29)17(28)10-7-21-16-14(10)11(20)8-22-15(16)12-6-13(19(30)31)24-23-12/h6-8,22H,2-5H2,1H3,(H2,21,30)(H,24,25);6-8,21H,2-5H2,1H3,(H,23,24)(H,30,31). The zero-order valence-corrected chi connectivity index (χ0v) is 32.7. The Morgan fingerprint density at radius 3 is 1.32 bits per heavy atom. The number of amides is 5. The molecule has 320 valence electrons. The van der Waals surface area contributed by atoms with Crippen LogP contribution in [0, 0.1) is 11.6 Å². The first-order valence-corrected chi connectivity index (χ1v) is 18.7. The third-order valence-corrected chi connectivity index (χ3v) is 10.4. The van der Waals surface area contributed by atoms with Crippen LogP contribution < -0.4 is 5.73 Å². The second-order valence-corrected chi connectivity index (χ2v) is 14.1. The minimum atomic E-state index is -1.23. The number of nitrogens with zero attached hydrogens (tertiary/aromatic N) is 8. The number of rotatable bonds is 8. The van der Waals surface area contributed by atoms with Gasteiger partial charge in [-0.1, -0.05) is 0 Å². The zero-order valence-electron chi connectivity index (χ0n) is 32.7. The second-order valence-electron chi connectivity index (χ2n) is 14.1. The number of primary amides is 1. The van der Waals surface area contributed by atoms with Gasteiger partial charge in [0.05, 0.1) is 45.3 Å². The average Bonchev–Trinajstić information content (AvgIpc) is 4.10. The monoisotopic (exact) mass is 855 g/mol. The van der Waals surface area contributed by atoms with Crippen molar-refractivity contribution in [3.05, 3.63) is 71.1 Å². The molecular formula is C38H35F2N13O9. The van der Waals surface area contributed by atoms with Crippen LogP contribution in [0.5, 0.6) is 0 Å². The molecule has 6 aromatic rings. The number of fused-ring (bicyclic) bond motifs is 2. The number of nitrogens with one attached hydrogen (secondary N) is 4. The van der Waals surface area contributed by atoms with Gasteiger partial charge in [0.1, 0.15) is 34.2 Å². The van der Waals surface area contributed by atoms with Gasteiger partial charge in [0.25, 0.3) is 29.3 Å². The smallest absolute Gasteiger partial charge is 0.353 e. The van der Waals surface area contributed by atoms with Crippen LogP contribution in [0.3, 0.4) is 0 Å². The minimum absolute atomic E-state index is 0.0389. The molecule has 0 aromatic carbocycles. The fraction of sp³-hybridized carbons (Fsp3) is 0.263. The summed E-state index contributed by atoms with van der Waals surface area (Å²) in [6.07, 6.45) is 4.26. The largest absolute Gasteiger partial charge is 0.477 e. The Morgan fingerprint density at radius 1 is 0.613 bits per heavy atom. The Kier molecular flexibility index (Phi) is 11.4. The number of carbonyl (C=O) groups is 8. The van der Waals surface area contributed by atoms with Crippen molar-refractivity contribution >= 4 is 68.9 Å². The fourth-order valence-corrected chi connectivity index (χ4v) is 7.05. The molecule has 2 saturated heterocycles. The number of carbonyl (C=O) groups excluding carboxylic acids is 7. The van der Waals surface area contributed by atoms with Crippen LogP contribution in [0.1, 0.15) is 55.5 Å². The molecule has 2 fully saturated rings. The quantitative estimate of drug-likeness (QED) is 0.0910. The van der Waals surface area contributed by atoms with E-state index in [1.807, 2.05) is 0 Å². The van der Waals surface area contributed by atoms with E-state index in [2.05, 4.69) is 40.3 Å². The second kappa shape index (κ2) is 16.8. The molecule has 8 rings (SSSR count). The molecule has 0 unspecified atom stereocenters. The van der Waals surface area contributed by atoms with Crippen molar-refractivity contribution in [1.29, 1.82) is 0 Å². The number of carboxylic acids is 1. The van der Waals surface area contributed by atoms with Gasteiger partial charge in [-0.25, -0.2) is 23.5 Å². The molecule has 2 aliphatic rings. The lowest BCUT2D eigenvalue weighted by atomic mass is 10.1. The van der Waals surface area contributed by atoms with E-state index in [0.717, 1.165) is 12.4 Å². The summed E-state index contributed by atoms with van der Waals surface area (Å²) in [6.45, 7) is 4.98. The molecule has 0 bridgehead atoms. The molecule has 0 aliphatic carbocycles. The van der Waals surface area contributed by atoms with Crippen molar-refractivity contribution in [2.24, 2.45) is 5.73 Å². The maximum atomic E-state index is 14.6. The van der Waals surface area contributed by atoms with Crippen LogP contribution in [0.4, 0.5) is 8.78 Å². The van der Waals surface area contributed by atoms with Crippen molar-refractivity contribution in [3.8, 4) is 22.8 Å². The first kappa shape index (κ1) is 42.0. The zero-order chi connectivity index (χ0) is 44.6. The Labute approximate surface area is 346 Å². The van der Waals surface area contributed by atoms with Gasteiger partial charge in [-0.2, -0.15) is 10.2 Å². The number of aromatic carboxylic acids is 1. The number of ketones is 2. The number of carboxylic acid groups (broad SMARTS) is 1. The highest BCUT2D eigenvalue weighted by Crippen LogP contribution is 2.31. The normalized spacial score (nSPS) is 14.1. The maximum Gasteiger partial charge on any atom is 0.353 e. The van der Waals surface area contributed by atoms with E-state index in [1.54, 1.807) is 9.80 Å². The highest BCUT2D eigenvalue weighted by molar-refractivity contribution is 6.45. The van der Waals surface area contributed by atoms with Crippen LogP contribution in [-0.2, 0) is 19.2 Å². The molecule has 24 heteroatoms. The maximum absolute atomic E-state index is 14.6. The van der Waals surface area contributed by atoms with Gasteiger partial charge in [-0.3, -0.25) is 43.8 Å². The van der Waals surface area contributed by atoms with Gasteiger partial charge in [0, 0.05) is 84.7 Å². The average molecular weight is 856 g/mol. The third kappa shape index (κ3) is 7.94. The number of nitrogens with two attached hydrogens (primary N) is 1. The van der Waals surface area contributed by atoms with E-state index in [4.69, 9.17) is 10.8 Å². The number of piperazine rings is 2. The van der Waals surface area contributed by atoms with E-state index >= 15 is 0 Å². The lowest BCUT2D eigenvalue weighted by Crippen LogP contribution is -2.51. The summed E-state index contributed by atoms with van der Waals surface area (Å²) in [6, 6.07) is 2.58. The van der Waals surface area contributed by atoms with Crippen LogP contribution >= 0.6 is 0 Å². The van der Waals surface area contributed by atoms with Crippen molar-refractivity contribution in [2.75, 3.05) is 52.4 Å². The summed E-state index contributed by atoms with van der Waals surface area (Å²) >= 11 is 0. The van der Waals surface area contributed by atoms with E-state index < -0.39 is 46.9 Å². The molecule has 5 amide bonds. The molecule has 7 N–H and O–H groups in total. The van der Waals surface area contributed by atoms with Crippen molar-refractivity contribution in [1.82, 2.24) is 59.9 Å². The molecule has 0 atom stereocenters. The number of aromatic amines is 4. The van der Waals surface area contributed by atoms with Gasteiger partial charge in [0.15, 0.2) is 11.6 Å². The first-order valence-electron chi connectivity index (χ1n) is 18.7. The topological polar surface area (TPSA) is 310 Å². The van der Waals surface area contributed by atoms with Crippen LogP contribution in [0.15, 0.2) is 36.9 Å². The van der Waals surface area contributed by atoms with Crippen LogP contribution in [0.2, 0.25) is 0 Å². The lowest BCUT2D eigenvalue weighted by molar-refractivity contribution is -0.135. The molecule has 6 aromatic heterocycles. The summed E-state index contributed by atoms with van der Waals surface area (Å²) in [7, 11) is 0. The highest BCUT2D eigenvalue weighted by atomic mass is 19.1. The van der Waals surface area contributed by atoms with E-state index in [0.29, 0.717) is 26.2 Å². The predicted molar refractivity (Wildman–Crippen MR) is 209 cm³/mol. The summed E-state index contributed by atoms with van der Waals surface area (Å²) in [4.78, 5) is 116.